The summed E-state index contributed by atoms with van der Waals surface area (Å²) < 4.78 is 27.0. The largest absolute Gasteiger partial charge is 0.339 e. The Kier molecular flexibility index (Phi) is 5.49. The Balaban J connectivity index is 1.66. The summed E-state index contributed by atoms with van der Waals surface area (Å²) in [5.74, 6) is -2.00. The van der Waals surface area contributed by atoms with Crippen LogP contribution in [-0.4, -0.2) is 28.1 Å². The monoisotopic (exact) mass is 384 g/mol. The molecule has 1 heterocycles. The van der Waals surface area contributed by atoms with E-state index in [-0.39, 0.29) is 17.2 Å². The number of nitrogens with zero attached hydrogens (tertiary/aromatic N) is 1. The molecule has 6 nitrogen and oxygen atoms in total. The molecule has 0 bridgehead atoms. The van der Waals surface area contributed by atoms with Crippen molar-refractivity contribution in [2.75, 3.05) is 5.32 Å². The van der Waals surface area contributed by atoms with E-state index in [4.69, 9.17) is 0 Å². The molecule has 3 aromatic rings. The zero-order valence-corrected chi connectivity index (χ0v) is 15.2. The molecule has 0 radical (unpaired) electrons. The molecule has 0 fully saturated rings. The molecule has 144 valence electrons. The topological polar surface area (TPSA) is 86.9 Å². The van der Waals surface area contributed by atoms with Gasteiger partial charge >= 0.3 is 0 Å². The first kappa shape index (κ1) is 19.2. The van der Waals surface area contributed by atoms with Gasteiger partial charge in [-0.3, -0.25) is 14.7 Å². The highest BCUT2D eigenvalue weighted by Crippen LogP contribution is 2.20. The molecule has 0 saturated carbocycles. The van der Waals surface area contributed by atoms with Crippen molar-refractivity contribution in [2.45, 2.75) is 19.9 Å². The number of carbonyl (C=O) groups excluding carboxylic acids is 2. The highest BCUT2D eigenvalue weighted by molar-refractivity contribution is 6.00. The number of aromatic amines is 1. The average molecular weight is 384 g/mol. The minimum absolute atomic E-state index is 0.0316. The van der Waals surface area contributed by atoms with Gasteiger partial charge in [-0.1, -0.05) is 12.1 Å². The van der Waals surface area contributed by atoms with E-state index in [9.17, 15) is 18.4 Å². The fraction of sp³-hybridized carbons (Fsp3) is 0.150. The molecular weight excluding hydrogens is 366 g/mol. The summed E-state index contributed by atoms with van der Waals surface area (Å²) in [4.78, 5) is 24.5. The van der Waals surface area contributed by atoms with Crippen molar-refractivity contribution in [3.63, 3.8) is 0 Å². The Morgan fingerprint density at radius 2 is 1.82 bits per heavy atom. The molecule has 2 aromatic carbocycles. The second-order valence-electron chi connectivity index (χ2n) is 6.30. The fourth-order valence-electron chi connectivity index (χ4n) is 2.53. The average Bonchev–Trinajstić information content (AvgIpc) is 3.16. The molecule has 0 aliphatic rings. The standard InChI is InChI=1S/C20H18F2N4O2/c1-11-9-13(7-8-14(11)21)17-10-18(26-25-17)20(28)23-12(2)19(27)24-16-6-4-3-5-15(16)22/h3-10,12H,1-2H3,(H,23,28)(H,24,27)(H,25,26). The van der Waals surface area contributed by atoms with Crippen LogP contribution in [0.4, 0.5) is 14.5 Å². The van der Waals surface area contributed by atoms with E-state index < -0.39 is 23.7 Å². The number of hydrogen-bond acceptors (Lipinski definition) is 3. The van der Waals surface area contributed by atoms with Crippen molar-refractivity contribution >= 4 is 17.5 Å². The molecule has 3 N–H and O–H groups in total. The lowest BCUT2D eigenvalue weighted by Crippen LogP contribution is -2.41. The minimum atomic E-state index is -0.910. The molecule has 1 atom stereocenters. The molecule has 2 amide bonds. The summed E-state index contributed by atoms with van der Waals surface area (Å²) in [6, 6.07) is 10.8. The number of aryl methyl sites for hydroxylation is 1. The first-order valence-electron chi connectivity index (χ1n) is 8.53. The summed E-state index contributed by atoms with van der Waals surface area (Å²) >= 11 is 0. The molecule has 8 heteroatoms. The predicted octanol–water partition coefficient (Wildman–Crippen LogP) is 3.42. The number of amides is 2. The van der Waals surface area contributed by atoms with Crippen LogP contribution < -0.4 is 10.6 Å². The third-order valence-electron chi connectivity index (χ3n) is 4.15. The Morgan fingerprint density at radius 1 is 1.07 bits per heavy atom. The van der Waals surface area contributed by atoms with Gasteiger partial charge in [-0.15, -0.1) is 0 Å². The summed E-state index contributed by atoms with van der Waals surface area (Å²) in [5.41, 5.74) is 1.76. The summed E-state index contributed by atoms with van der Waals surface area (Å²) in [7, 11) is 0. The minimum Gasteiger partial charge on any atom is -0.339 e. The number of nitrogens with one attached hydrogen (secondary N) is 3. The highest BCUT2D eigenvalue weighted by Gasteiger charge is 2.19. The summed E-state index contributed by atoms with van der Waals surface area (Å²) in [6.07, 6.45) is 0. The lowest BCUT2D eigenvalue weighted by molar-refractivity contribution is -0.117. The van der Waals surface area contributed by atoms with Crippen LogP contribution in [0.1, 0.15) is 23.0 Å². The molecule has 0 aliphatic heterocycles. The molecule has 3 rings (SSSR count). The van der Waals surface area contributed by atoms with Crippen molar-refractivity contribution in [1.82, 2.24) is 15.5 Å². The van der Waals surface area contributed by atoms with Gasteiger partial charge in [0.05, 0.1) is 11.4 Å². The van der Waals surface area contributed by atoms with Gasteiger partial charge in [0.15, 0.2) is 0 Å². The zero-order valence-electron chi connectivity index (χ0n) is 15.2. The van der Waals surface area contributed by atoms with Gasteiger partial charge in [-0.25, -0.2) is 8.78 Å². The number of benzene rings is 2. The van der Waals surface area contributed by atoms with Crippen molar-refractivity contribution in [2.24, 2.45) is 0 Å². The number of anilines is 1. The number of halogens is 2. The van der Waals surface area contributed by atoms with Crippen molar-refractivity contribution in [3.8, 4) is 11.3 Å². The smallest absolute Gasteiger partial charge is 0.269 e. The Labute approximate surface area is 160 Å². The van der Waals surface area contributed by atoms with E-state index in [1.807, 2.05) is 0 Å². The van der Waals surface area contributed by atoms with Gasteiger partial charge < -0.3 is 10.6 Å². The van der Waals surface area contributed by atoms with Gasteiger partial charge in [0.1, 0.15) is 23.4 Å². The normalized spacial score (nSPS) is 11.7. The van der Waals surface area contributed by atoms with E-state index in [0.717, 1.165) is 0 Å². The first-order valence-corrected chi connectivity index (χ1v) is 8.53. The van der Waals surface area contributed by atoms with Gasteiger partial charge in [0.2, 0.25) is 5.91 Å². The van der Waals surface area contributed by atoms with Gasteiger partial charge in [-0.05, 0) is 55.8 Å². The zero-order chi connectivity index (χ0) is 20.3. The molecule has 1 unspecified atom stereocenters. The van der Waals surface area contributed by atoms with E-state index >= 15 is 0 Å². The van der Waals surface area contributed by atoms with Crippen LogP contribution in [0.5, 0.6) is 0 Å². The number of H-pyrrole nitrogens is 1. The molecule has 0 aliphatic carbocycles. The van der Waals surface area contributed by atoms with Crippen LogP contribution in [0.15, 0.2) is 48.5 Å². The maximum Gasteiger partial charge on any atom is 0.269 e. The van der Waals surface area contributed by atoms with E-state index in [1.165, 1.54) is 37.3 Å². The SMILES string of the molecule is Cc1cc(-c2cc(C(=O)NC(C)C(=O)Nc3ccccc3F)[nH]n2)ccc1F. The Bertz CT molecular complexity index is 1030. The van der Waals surface area contributed by atoms with Gasteiger partial charge in [0.25, 0.3) is 5.91 Å². The second-order valence-corrected chi connectivity index (χ2v) is 6.30. The highest BCUT2D eigenvalue weighted by atomic mass is 19.1. The lowest BCUT2D eigenvalue weighted by Gasteiger charge is -2.13. The van der Waals surface area contributed by atoms with Crippen LogP contribution in [0, 0.1) is 18.6 Å². The fourth-order valence-corrected chi connectivity index (χ4v) is 2.53. The molecule has 0 spiro atoms. The van der Waals surface area contributed by atoms with Crippen LogP contribution in [0.3, 0.4) is 0 Å². The van der Waals surface area contributed by atoms with E-state index in [0.29, 0.717) is 16.8 Å². The Morgan fingerprint density at radius 3 is 2.54 bits per heavy atom. The maximum atomic E-state index is 13.6. The van der Waals surface area contributed by atoms with Crippen LogP contribution >= 0.6 is 0 Å². The molecule has 0 saturated heterocycles. The number of para-hydroxylation sites is 1. The van der Waals surface area contributed by atoms with Crippen LogP contribution in [0.25, 0.3) is 11.3 Å². The molecule has 28 heavy (non-hydrogen) atoms. The third-order valence-corrected chi connectivity index (χ3v) is 4.15. The molecular formula is C20H18F2N4O2. The number of rotatable bonds is 5. The predicted molar refractivity (Wildman–Crippen MR) is 101 cm³/mol. The van der Waals surface area contributed by atoms with Gasteiger partial charge in [-0.2, -0.15) is 5.10 Å². The van der Waals surface area contributed by atoms with Crippen molar-refractivity contribution in [3.05, 3.63) is 71.4 Å². The number of hydrogen-bond donors (Lipinski definition) is 3. The number of aromatic nitrogens is 2. The Hall–Kier alpha value is -3.55. The quantitative estimate of drug-likeness (QED) is 0.630. The second kappa shape index (κ2) is 7.99. The van der Waals surface area contributed by atoms with E-state index in [2.05, 4.69) is 20.8 Å². The molecule has 1 aromatic heterocycles. The van der Waals surface area contributed by atoms with Crippen molar-refractivity contribution in [1.29, 1.82) is 0 Å². The summed E-state index contributed by atoms with van der Waals surface area (Å²) in [5, 5.41) is 11.6. The van der Waals surface area contributed by atoms with E-state index in [1.54, 1.807) is 25.1 Å². The van der Waals surface area contributed by atoms with Crippen LogP contribution in [0.2, 0.25) is 0 Å². The van der Waals surface area contributed by atoms with Crippen molar-refractivity contribution < 1.29 is 18.4 Å². The first-order chi connectivity index (χ1) is 13.3. The lowest BCUT2D eigenvalue weighted by atomic mass is 10.1. The van der Waals surface area contributed by atoms with Gasteiger partial charge in [0, 0.05) is 5.56 Å². The number of carbonyl (C=O) groups is 2. The third kappa shape index (κ3) is 4.22. The maximum absolute atomic E-state index is 13.6. The summed E-state index contributed by atoms with van der Waals surface area (Å²) in [6.45, 7) is 3.11. The van der Waals surface area contributed by atoms with Crippen LogP contribution in [-0.2, 0) is 4.79 Å².